The fourth-order valence-electron chi connectivity index (χ4n) is 3.00. The van der Waals surface area contributed by atoms with Crippen molar-refractivity contribution in [3.8, 4) is 22.1 Å². The highest BCUT2D eigenvalue weighted by Crippen LogP contribution is 2.26. The summed E-state index contributed by atoms with van der Waals surface area (Å²) >= 11 is 1.49. The van der Waals surface area contributed by atoms with Crippen LogP contribution in [0.4, 0.5) is 0 Å². The highest BCUT2D eigenvalue weighted by Gasteiger charge is 2.17. The number of amides is 1. The predicted molar refractivity (Wildman–Crippen MR) is 116 cm³/mol. The normalized spacial score (nSPS) is 10.9. The van der Waals surface area contributed by atoms with Crippen molar-refractivity contribution in [2.24, 2.45) is 5.73 Å². The smallest absolute Gasteiger partial charge is 0.254 e. The van der Waals surface area contributed by atoms with E-state index in [9.17, 15) is 4.79 Å². The minimum absolute atomic E-state index is 0.0977. The first-order valence-corrected chi connectivity index (χ1v) is 10.6. The number of methoxy groups -OCH3 is 1. The predicted octanol–water partition coefficient (Wildman–Crippen LogP) is 3.56. The topological polar surface area (TPSA) is 95.1 Å². The number of benzene rings is 1. The molecule has 8 heteroatoms. The van der Waals surface area contributed by atoms with E-state index in [0.717, 1.165) is 60.1 Å². The Morgan fingerprint density at radius 1 is 1.21 bits per heavy atom. The van der Waals surface area contributed by atoms with Gasteiger partial charge in [-0.3, -0.25) is 4.79 Å². The standard InChI is InChI=1S/C21H27N5O2S/c1-15-18(20(27)23-12-6-4-3-5-11-22)13-24-26(15)21-25-19(14-29-21)16-7-9-17(28-2)10-8-16/h7-10,13-14H,3-6,11-12,22H2,1-2H3,(H,23,27). The Morgan fingerprint density at radius 2 is 1.97 bits per heavy atom. The number of carbonyl (C=O) groups excluding carboxylic acids is 1. The largest absolute Gasteiger partial charge is 0.497 e. The Hall–Kier alpha value is -2.71. The van der Waals surface area contributed by atoms with Crippen molar-refractivity contribution in [3.05, 3.63) is 47.1 Å². The van der Waals surface area contributed by atoms with Crippen molar-refractivity contribution >= 4 is 17.2 Å². The molecule has 0 spiro atoms. The average Bonchev–Trinajstić information content (AvgIpc) is 3.37. The van der Waals surface area contributed by atoms with Crippen molar-refractivity contribution < 1.29 is 9.53 Å². The third-order valence-corrected chi connectivity index (χ3v) is 5.55. The first kappa shape index (κ1) is 21.0. The van der Waals surface area contributed by atoms with Crippen LogP contribution in [-0.4, -0.2) is 40.9 Å². The van der Waals surface area contributed by atoms with Crippen molar-refractivity contribution in [3.63, 3.8) is 0 Å². The zero-order valence-electron chi connectivity index (χ0n) is 16.9. The maximum Gasteiger partial charge on any atom is 0.254 e. The summed E-state index contributed by atoms with van der Waals surface area (Å²) in [5, 5.41) is 10.1. The first-order chi connectivity index (χ1) is 14.1. The zero-order valence-corrected chi connectivity index (χ0v) is 17.7. The Balaban J connectivity index is 1.64. The Morgan fingerprint density at radius 3 is 2.69 bits per heavy atom. The molecule has 0 fully saturated rings. The molecular formula is C21H27N5O2S. The van der Waals surface area contributed by atoms with Crippen LogP contribution in [0.15, 0.2) is 35.8 Å². The van der Waals surface area contributed by atoms with E-state index in [1.165, 1.54) is 11.3 Å². The maximum atomic E-state index is 12.5. The molecule has 0 unspecified atom stereocenters. The van der Waals surface area contributed by atoms with Gasteiger partial charge in [0.15, 0.2) is 0 Å². The van der Waals surface area contributed by atoms with Crippen LogP contribution in [0.2, 0.25) is 0 Å². The second-order valence-electron chi connectivity index (χ2n) is 6.76. The van der Waals surface area contributed by atoms with Crippen molar-refractivity contribution in [1.82, 2.24) is 20.1 Å². The molecule has 0 aliphatic carbocycles. The van der Waals surface area contributed by atoms with Crippen LogP contribution in [0.3, 0.4) is 0 Å². The maximum absolute atomic E-state index is 12.5. The summed E-state index contributed by atoms with van der Waals surface area (Å²) in [4.78, 5) is 17.2. The molecule has 3 rings (SSSR count). The van der Waals surface area contributed by atoms with Gasteiger partial charge in [-0.25, -0.2) is 9.67 Å². The van der Waals surface area contributed by atoms with E-state index in [-0.39, 0.29) is 5.91 Å². The number of unbranched alkanes of at least 4 members (excludes halogenated alkanes) is 3. The number of hydrogen-bond acceptors (Lipinski definition) is 6. The van der Waals surface area contributed by atoms with Gasteiger partial charge in [-0.1, -0.05) is 12.8 Å². The molecule has 1 amide bonds. The number of rotatable bonds is 10. The minimum Gasteiger partial charge on any atom is -0.497 e. The number of ether oxygens (including phenoxy) is 1. The second kappa shape index (κ2) is 10.2. The number of carbonyl (C=O) groups is 1. The van der Waals surface area contributed by atoms with Gasteiger partial charge < -0.3 is 15.8 Å². The molecular weight excluding hydrogens is 386 g/mol. The number of hydrogen-bond donors (Lipinski definition) is 2. The summed E-state index contributed by atoms with van der Waals surface area (Å²) < 4.78 is 6.91. The summed E-state index contributed by atoms with van der Waals surface area (Å²) in [6.07, 6.45) is 5.77. The van der Waals surface area contributed by atoms with E-state index in [1.54, 1.807) is 18.0 Å². The fraction of sp³-hybridized carbons (Fsp3) is 0.381. The SMILES string of the molecule is COc1ccc(-c2csc(-n3ncc(C(=O)NCCCCCCN)c3C)n2)cc1. The number of nitrogens with zero attached hydrogens (tertiary/aromatic N) is 3. The lowest BCUT2D eigenvalue weighted by molar-refractivity contribution is 0.0952. The van der Waals surface area contributed by atoms with Crippen LogP contribution in [0, 0.1) is 6.92 Å². The van der Waals surface area contributed by atoms with Gasteiger partial charge in [0.25, 0.3) is 5.91 Å². The molecule has 0 saturated heterocycles. The third-order valence-electron chi connectivity index (χ3n) is 4.73. The summed E-state index contributed by atoms with van der Waals surface area (Å²) in [6, 6.07) is 7.76. The molecule has 29 heavy (non-hydrogen) atoms. The average molecular weight is 414 g/mol. The molecule has 0 radical (unpaired) electrons. The van der Waals surface area contributed by atoms with E-state index in [2.05, 4.69) is 15.4 Å². The van der Waals surface area contributed by atoms with E-state index in [4.69, 9.17) is 10.5 Å². The lowest BCUT2D eigenvalue weighted by Crippen LogP contribution is -2.24. The van der Waals surface area contributed by atoms with Crippen LogP contribution < -0.4 is 15.8 Å². The molecule has 0 bridgehead atoms. The molecule has 0 saturated carbocycles. The van der Waals surface area contributed by atoms with Gasteiger partial charge in [0.05, 0.1) is 30.3 Å². The summed E-state index contributed by atoms with van der Waals surface area (Å²) in [5.74, 6) is 0.710. The molecule has 154 valence electrons. The first-order valence-electron chi connectivity index (χ1n) is 9.77. The van der Waals surface area contributed by atoms with Crippen molar-refractivity contribution in [2.45, 2.75) is 32.6 Å². The Kier molecular flexibility index (Phi) is 7.37. The van der Waals surface area contributed by atoms with Crippen LogP contribution in [0.25, 0.3) is 16.4 Å². The van der Waals surface area contributed by atoms with E-state index >= 15 is 0 Å². The molecule has 3 N–H and O–H groups in total. The Labute approximate surface area is 174 Å². The number of nitrogens with two attached hydrogens (primary N) is 1. The molecule has 1 aromatic carbocycles. The van der Waals surface area contributed by atoms with Gasteiger partial charge >= 0.3 is 0 Å². The van der Waals surface area contributed by atoms with Gasteiger partial charge in [0.2, 0.25) is 5.13 Å². The van der Waals surface area contributed by atoms with Crippen molar-refractivity contribution in [2.75, 3.05) is 20.2 Å². The molecule has 0 atom stereocenters. The van der Waals surface area contributed by atoms with Gasteiger partial charge in [-0.15, -0.1) is 11.3 Å². The van der Waals surface area contributed by atoms with Crippen LogP contribution in [0.5, 0.6) is 5.75 Å². The lowest BCUT2D eigenvalue weighted by Gasteiger charge is -2.05. The van der Waals surface area contributed by atoms with Crippen molar-refractivity contribution in [1.29, 1.82) is 0 Å². The summed E-state index contributed by atoms with van der Waals surface area (Å²) in [5.41, 5.74) is 8.72. The van der Waals surface area contributed by atoms with E-state index in [1.807, 2.05) is 36.6 Å². The van der Waals surface area contributed by atoms with E-state index < -0.39 is 0 Å². The fourth-order valence-corrected chi connectivity index (χ4v) is 3.84. The number of aromatic nitrogens is 3. The van der Waals surface area contributed by atoms with Gasteiger partial charge in [-0.2, -0.15) is 5.10 Å². The zero-order chi connectivity index (χ0) is 20.6. The monoisotopic (exact) mass is 413 g/mol. The summed E-state index contributed by atoms with van der Waals surface area (Å²) in [6.45, 7) is 3.27. The molecule has 2 aromatic heterocycles. The van der Waals surface area contributed by atoms with Crippen LogP contribution >= 0.6 is 11.3 Å². The van der Waals surface area contributed by atoms with Gasteiger partial charge in [0, 0.05) is 17.5 Å². The molecule has 2 heterocycles. The van der Waals surface area contributed by atoms with Gasteiger partial charge in [0.1, 0.15) is 5.75 Å². The lowest BCUT2D eigenvalue weighted by atomic mass is 10.2. The summed E-state index contributed by atoms with van der Waals surface area (Å²) in [7, 11) is 1.64. The van der Waals surface area contributed by atoms with Crippen LogP contribution in [0.1, 0.15) is 41.7 Å². The molecule has 7 nitrogen and oxygen atoms in total. The highest BCUT2D eigenvalue weighted by molar-refractivity contribution is 7.12. The van der Waals surface area contributed by atoms with Crippen LogP contribution in [-0.2, 0) is 0 Å². The third kappa shape index (κ3) is 5.21. The minimum atomic E-state index is -0.0977. The second-order valence-corrected chi connectivity index (χ2v) is 7.59. The Bertz CT molecular complexity index is 933. The number of nitrogens with one attached hydrogen (secondary N) is 1. The van der Waals surface area contributed by atoms with Gasteiger partial charge in [-0.05, 0) is 50.6 Å². The molecule has 3 aromatic rings. The molecule has 0 aliphatic heterocycles. The molecule has 0 aliphatic rings. The highest BCUT2D eigenvalue weighted by atomic mass is 32.1. The number of thiazole rings is 1. The van der Waals surface area contributed by atoms with E-state index in [0.29, 0.717) is 12.1 Å². The quantitative estimate of drug-likeness (QED) is 0.496.